The Morgan fingerprint density at radius 2 is 1.86 bits per heavy atom. The van der Waals surface area contributed by atoms with Gasteiger partial charge in [0.05, 0.1) is 0 Å². The van der Waals surface area contributed by atoms with Crippen LogP contribution in [-0.4, -0.2) is 22.6 Å². The number of aliphatic carboxylic acids is 1. The van der Waals surface area contributed by atoms with E-state index in [0.717, 1.165) is 24.1 Å². The van der Waals surface area contributed by atoms with E-state index in [4.69, 9.17) is 0 Å². The summed E-state index contributed by atoms with van der Waals surface area (Å²) >= 11 is 0. The van der Waals surface area contributed by atoms with E-state index in [2.05, 4.69) is 17.6 Å². The molecule has 1 aromatic carbocycles. The molecule has 0 bridgehead atoms. The van der Waals surface area contributed by atoms with E-state index in [1.807, 2.05) is 31.2 Å². The normalized spacial score (nSPS) is 13.3. The molecule has 5 heteroatoms. The third-order valence-corrected chi connectivity index (χ3v) is 3.40. The molecule has 0 saturated carbocycles. The molecule has 1 atom stereocenters. The molecule has 0 aromatic heterocycles. The summed E-state index contributed by atoms with van der Waals surface area (Å²) in [5.41, 5.74) is 0.516. The summed E-state index contributed by atoms with van der Waals surface area (Å²) in [7, 11) is 0. The van der Waals surface area contributed by atoms with Gasteiger partial charge in [0.15, 0.2) is 0 Å². The standard InChI is InChI=1S/C16H24N2O3/c1-4-8-12-9-6-7-10-13(12)17-15(21)18-16(3,11-5-2)14(19)20/h6-7,9-10H,4-5,8,11H2,1-3H3,(H,19,20)(H2,17,18,21). The highest BCUT2D eigenvalue weighted by molar-refractivity contribution is 5.94. The SMILES string of the molecule is CCCc1ccccc1NC(=O)NC(C)(CCC)C(=O)O. The molecule has 0 radical (unpaired) electrons. The van der Waals surface area contributed by atoms with Gasteiger partial charge in [-0.05, 0) is 31.4 Å². The van der Waals surface area contributed by atoms with Gasteiger partial charge >= 0.3 is 12.0 Å². The molecule has 0 fully saturated rings. The van der Waals surface area contributed by atoms with Crippen LogP contribution in [0.5, 0.6) is 0 Å². The van der Waals surface area contributed by atoms with Gasteiger partial charge in [-0.2, -0.15) is 0 Å². The van der Waals surface area contributed by atoms with E-state index >= 15 is 0 Å². The van der Waals surface area contributed by atoms with Crippen LogP contribution in [0.4, 0.5) is 10.5 Å². The molecule has 3 N–H and O–H groups in total. The maximum atomic E-state index is 12.1. The van der Waals surface area contributed by atoms with Crippen molar-refractivity contribution in [3.05, 3.63) is 29.8 Å². The van der Waals surface area contributed by atoms with Crippen molar-refractivity contribution < 1.29 is 14.7 Å². The van der Waals surface area contributed by atoms with E-state index in [1.54, 1.807) is 0 Å². The smallest absolute Gasteiger partial charge is 0.329 e. The van der Waals surface area contributed by atoms with Gasteiger partial charge in [0.25, 0.3) is 0 Å². The molecule has 1 aromatic rings. The minimum Gasteiger partial charge on any atom is -0.480 e. The number of aryl methyl sites for hydroxylation is 1. The van der Waals surface area contributed by atoms with Gasteiger partial charge in [-0.15, -0.1) is 0 Å². The fourth-order valence-corrected chi connectivity index (χ4v) is 2.26. The van der Waals surface area contributed by atoms with E-state index in [1.165, 1.54) is 6.92 Å². The number of para-hydroxylation sites is 1. The summed E-state index contributed by atoms with van der Waals surface area (Å²) in [6.07, 6.45) is 2.90. The van der Waals surface area contributed by atoms with Crippen LogP contribution < -0.4 is 10.6 Å². The number of benzene rings is 1. The summed E-state index contributed by atoms with van der Waals surface area (Å²) < 4.78 is 0. The molecule has 5 nitrogen and oxygen atoms in total. The number of anilines is 1. The summed E-state index contributed by atoms with van der Waals surface area (Å²) in [4.78, 5) is 23.4. The summed E-state index contributed by atoms with van der Waals surface area (Å²) in [6, 6.07) is 7.06. The number of hydrogen-bond donors (Lipinski definition) is 3. The molecule has 116 valence electrons. The van der Waals surface area contributed by atoms with Gasteiger partial charge in [0, 0.05) is 5.69 Å². The number of urea groups is 1. The average Bonchev–Trinajstić information content (AvgIpc) is 2.41. The zero-order chi connectivity index (χ0) is 15.9. The van der Waals surface area contributed by atoms with Crippen LogP contribution in [0.25, 0.3) is 0 Å². The Morgan fingerprint density at radius 1 is 1.19 bits per heavy atom. The maximum Gasteiger partial charge on any atom is 0.329 e. The molecule has 0 spiro atoms. The van der Waals surface area contributed by atoms with Gasteiger partial charge in [-0.25, -0.2) is 9.59 Å². The van der Waals surface area contributed by atoms with Gasteiger partial charge < -0.3 is 15.7 Å². The van der Waals surface area contributed by atoms with Crippen molar-refractivity contribution in [3.63, 3.8) is 0 Å². The first-order valence-electron chi connectivity index (χ1n) is 7.33. The Kier molecular flexibility index (Phi) is 6.21. The highest BCUT2D eigenvalue weighted by Gasteiger charge is 2.33. The minimum absolute atomic E-state index is 0.381. The third kappa shape index (κ3) is 4.77. The predicted molar refractivity (Wildman–Crippen MR) is 83.5 cm³/mol. The van der Waals surface area contributed by atoms with Crippen molar-refractivity contribution in [2.45, 2.75) is 52.0 Å². The van der Waals surface area contributed by atoms with Crippen molar-refractivity contribution in [2.75, 3.05) is 5.32 Å². The molecule has 0 aliphatic heterocycles. The molecule has 1 unspecified atom stereocenters. The molecule has 0 saturated heterocycles. The first-order valence-corrected chi connectivity index (χ1v) is 7.33. The average molecular weight is 292 g/mol. The topological polar surface area (TPSA) is 78.4 Å². The van der Waals surface area contributed by atoms with E-state index in [-0.39, 0.29) is 0 Å². The van der Waals surface area contributed by atoms with Crippen molar-refractivity contribution in [1.29, 1.82) is 0 Å². The number of amides is 2. The van der Waals surface area contributed by atoms with E-state index < -0.39 is 17.5 Å². The quantitative estimate of drug-likeness (QED) is 0.720. The van der Waals surface area contributed by atoms with Crippen molar-refractivity contribution in [1.82, 2.24) is 5.32 Å². The Balaban J connectivity index is 2.79. The number of nitrogens with one attached hydrogen (secondary N) is 2. The predicted octanol–water partition coefficient (Wildman–Crippen LogP) is 3.40. The van der Waals surface area contributed by atoms with Crippen molar-refractivity contribution >= 4 is 17.7 Å². The van der Waals surface area contributed by atoms with Gasteiger partial charge in [-0.1, -0.05) is 44.9 Å². The Hall–Kier alpha value is -2.04. The van der Waals surface area contributed by atoms with Crippen LogP contribution in [0.1, 0.15) is 45.6 Å². The molecular weight excluding hydrogens is 268 g/mol. The van der Waals surface area contributed by atoms with Crippen LogP contribution >= 0.6 is 0 Å². The summed E-state index contributed by atoms with van der Waals surface area (Å²) in [6.45, 7) is 5.48. The highest BCUT2D eigenvalue weighted by Crippen LogP contribution is 2.18. The van der Waals surface area contributed by atoms with Gasteiger partial charge in [0.1, 0.15) is 5.54 Å². The third-order valence-electron chi connectivity index (χ3n) is 3.40. The van der Waals surface area contributed by atoms with Crippen LogP contribution in [0.3, 0.4) is 0 Å². The van der Waals surface area contributed by atoms with Crippen LogP contribution in [0.15, 0.2) is 24.3 Å². The monoisotopic (exact) mass is 292 g/mol. The van der Waals surface area contributed by atoms with Crippen LogP contribution in [-0.2, 0) is 11.2 Å². The number of carboxylic acids is 1. The molecule has 0 aliphatic rings. The molecule has 2 amide bonds. The fraction of sp³-hybridized carbons (Fsp3) is 0.500. The first kappa shape index (κ1) is 17.0. The molecule has 1 rings (SSSR count). The number of rotatable bonds is 7. The largest absolute Gasteiger partial charge is 0.480 e. The van der Waals surface area contributed by atoms with Crippen molar-refractivity contribution in [2.24, 2.45) is 0 Å². The van der Waals surface area contributed by atoms with Crippen LogP contribution in [0.2, 0.25) is 0 Å². The molecule has 0 heterocycles. The number of carbonyl (C=O) groups excluding carboxylic acids is 1. The minimum atomic E-state index is -1.25. The molecule has 0 aliphatic carbocycles. The zero-order valence-electron chi connectivity index (χ0n) is 12.9. The number of carboxylic acid groups (broad SMARTS) is 1. The molecule has 21 heavy (non-hydrogen) atoms. The Morgan fingerprint density at radius 3 is 2.43 bits per heavy atom. The summed E-state index contributed by atoms with van der Waals surface area (Å²) in [5, 5.41) is 14.6. The lowest BCUT2D eigenvalue weighted by Gasteiger charge is -2.26. The lowest BCUT2D eigenvalue weighted by atomic mass is 9.96. The zero-order valence-corrected chi connectivity index (χ0v) is 12.9. The van der Waals surface area contributed by atoms with Crippen molar-refractivity contribution in [3.8, 4) is 0 Å². The second-order valence-electron chi connectivity index (χ2n) is 5.37. The van der Waals surface area contributed by atoms with Gasteiger partial charge in [0.2, 0.25) is 0 Å². The van der Waals surface area contributed by atoms with Gasteiger partial charge in [-0.3, -0.25) is 0 Å². The second-order valence-corrected chi connectivity index (χ2v) is 5.37. The molecular formula is C16H24N2O3. The summed E-state index contributed by atoms with van der Waals surface area (Å²) in [5.74, 6) is -1.03. The second kappa shape index (κ2) is 7.67. The fourth-order valence-electron chi connectivity index (χ4n) is 2.26. The lowest BCUT2D eigenvalue weighted by molar-refractivity contribution is -0.143. The van der Waals surface area contributed by atoms with Crippen LogP contribution in [0, 0.1) is 0 Å². The maximum absolute atomic E-state index is 12.1. The first-order chi connectivity index (χ1) is 9.92. The number of carbonyl (C=O) groups is 2. The van der Waals surface area contributed by atoms with E-state index in [9.17, 15) is 14.7 Å². The van der Waals surface area contributed by atoms with E-state index in [0.29, 0.717) is 12.8 Å². The number of hydrogen-bond acceptors (Lipinski definition) is 2. The Bertz CT molecular complexity index is 502. The highest BCUT2D eigenvalue weighted by atomic mass is 16.4. The Labute approximate surface area is 125 Å². The lowest BCUT2D eigenvalue weighted by Crippen LogP contribution is -2.53.